The van der Waals surface area contributed by atoms with E-state index >= 15 is 0 Å². The van der Waals surface area contributed by atoms with Crippen molar-refractivity contribution in [1.82, 2.24) is 0 Å². The van der Waals surface area contributed by atoms with Crippen molar-refractivity contribution in [3.8, 4) is 0 Å². The van der Waals surface area contributed by atoms with Gasteiger partial charge < -0.3 is 4.74 Å². The largest absolute Gasteiger partial charge is 0.378 e. The van der Waals surface area contributed by atoms with Crippen LogP contribution in [0.2, 0.25) is 0 Å². The highest BCUT2D eigenvalue weighted by Crippen LogP contribution is 2.27. The molecule has 0 N–H and O–H groups in total. The van der Waals surface area contributed by atoms with Gasteiger partial charge in [0.1, 0.15) is 0 Å². The fraction of sp³-hybridized carbons (Fsp3) is 1.00. The van der Waals surface area contributed by atoms with E-state index in [0.29, 0.717) is 6.10 Å². The van der Waals surface area contributed by atoms with E-state index in [1.54, 1.807) is 0 Å². The number of rotatable bonds is 5. The first-order chi connectivity index (χ1) is 6.36. The molecule has 0 atom stereocenters. The molecule has 0 radical (unpaired) electrons. The quantitative estimate of drug-likeness (QED) is 0.532. The summed E-state index contributed by atoms with van der Waals surface area (Å²) in [6, 6.07) is 0. The number of halogens is 1. The van der Waals surface area contributed by atoms with Crippen LogP contribution in [0.25, 0.3) is 0 Å². The lowest BCUT2D eigenvalue weighted by Crippen LogP contribution is -2.22. The summed E-state index contributed by atoms with van der Waals surface area (Å²) in [5, 5.41) is 1.18. The molecule has 0 aliphatic heterocycles. The van der Waals surface area contributed by atoms with E-state index in [1.807, 2.05) is 0 Å². The third kappa shape index (κ3) is 4.46. The molecule has 0 bridgehead atoms. The molecule has 0 spiro atoms. The van der Waals surface area contributed by atoms with Crippen molar-refractivity contribution in [3.63, 3.8) is 0 Å². The van der Waals surface area contributed by atoms with Gasteiger partial charge >= 0.3 is 0 Å². The van der Waals surface area contributed by atoms with Gasteiger partial charge in [-0.25, -0.2) is 0 Å². The molecule has 1 aliphatic carbocycles. The summed E-state index contributed by atoms with van der Waals surface area (Å²) in [7, 11) is 0. The molecular weight excluding hydrogens is 228 g/mol. The number of unbranched alkanes of at least 4 members (excludes halogenated alkanes) is 1. The molecule has 1 aliphatic rings. The Kier molecular flexibility index (Phi) is 6.05. The van der Waals surface area contributed by atoms with Crippen molar-refractivity contribution >= 4 is 15.9 Å². The van der Waals surface area contributed by atoms with E-state index in [0.717, 1.165) is 12.5 Å². The Morgan fingerprint density at radius 3 is 2.46 bits per heavy atom. The van der Waals surface area contributed by atoms with Crippen molar-refractivity contribution in [3.05, 3.63) is 0 Å². The highest BCUT2D eigenvalue weighted by Gasteiger charge is 2.20. The molecule has 0 saturated heterocycles. The molecule has 0 heterocycles. The van der Waals surface area contributed by atoms with Crippen molar-refractivity contribution in [2.45, 2.75) is 51.6 Å². The second kappa shape index (κ2) is 6.83. The molecule has 1 rings (SSSR count). The standard InChI is InChI=1S/C11H21BrO/c1-2-3-8-13-11-6-4-10(9-12)5-7-11/h10-11H,2-9H2,1H3/t10-,11+. The minimum absolute atomic E-state index is 0.571. The number of hydrogen-bond acceptors (Lipinski definition) is 1. The second-order valence-corrected chi connectivity index (χ2v) is 4.67. The highest BCUT2D eigenvalue weighted by molar-refractivity contribution is 9.09. The van der Waals surface area contributed by atoms with Crippen molar-refractivity contribution in [2.24, 2.45) is 5.92 Å². The fourth-order valence-electron chi connectivity index (χ4n) is 1.85. The van der Waals surface area contributed by atoms with Crippen LogP contribution < -0.4 is 0 Å². The van der Waals surface area contributed by atoms with Gasteiger partial charge in [-0.05, 0) is 38.0 Å². The molecule has 0 amide bonds. The van der Waals surface area contributed by atoms with Gasteiger partial charge in [-0.1, -0.05) is 29.3 Å². The van der Waals surface area contributed by atoms with Gasteiger partial charge in [0.05, 0.1) is 6.10 Å². The maximum Gasteiger partial charge on any atom is 0.0575 e. The predicted molar refractivity (Wildman–Crippen MR) is 60.4 cm³/mol. The lowest BCUT2D eigenvalue weighted by atomic mass is 9.89. The van der Waals surface area contributed by atoms with Gasteiger partial charge in [0, 0.05) is 11.9 Å². The molecule has 13 heavy (non-hydrogen) atoms. The minimum Gasteiger partial charge on any atom is -0.378 e. The lowest BCUT2D eigenvalue weighted by Gasteiger charge is -2.27. The number of ether oxygens (including phenoxy) is 1. The van der Waals surface area contributed by atoms with Gasteiger partial charge in [-0.3, -0.25) is 0 Å². The molecular formula is C11H21BrO. The van der Waals surface area contributed by atoms with Crippen LogP contribution in [-0.2, 0) is 4.74 Å². The first-order valence-electron chi connectivity index (χ1n) is 5.54. The molecule has 1 fully saturated rings. The first-order valence-corrected chi connectivity index (χ1v) is 6.66. The van der Waals surface area contributed by atoms with Crippen LogP contribution >= 0.6 is 15.9 Å². The Labute approximate surface area is 90.4 Å². The zero-order chi connectivity index (χ0) is 9.52. The normalized spacial score (nSPS) is 29.1. The van der Waals surface area contributed by atoms with Crippen molar-refractivity contribution < 1.29 is 4.74 Å². The van der Waals surface area contributed by atoms with Crippen LogP contribution in [0.1, 0.15) is 45.4 Å². The summed E-state index contributed by atoms with van der Waals surface area (Å²) in [6.45, 7) is 3.19. The Morgan fingerprint density at radius 2 is 1.92 bits per heavy atom. The van der Waals surface area contributed by atoms with Crippen LogP contribution in [0.5, 0.6) is 0 Å². The predicted octanol–water partition coefficient (Wildman–Crippen LogP) is 3.76. The molecule has 1 saturated carbocycles. The van der Waals surface area contributed by atoms with Crippen LogP contribution in [0, 0.1) is 5.92 Å². The Morgan fingerprint density at radius 1 is 1.23 bits per heavy atom. The SMILES string of the molecule is CCCCO[C@H]1CC[C@@H](CBr)CC1. The van der Waals surface area contributed by atoms with E-state index in [2.05, 4.69) is 22.9 Å². The number of alkyl halides is 1. The van der Waals surface area contributed by atoms with E-state index in [4.69, 9.17) is 4.74 Å². The van der Waals surface area contributed by atoms with Crippen molar-refractivity contribution in [2.75, 3.05) is 11.9 Å². The lowest BCUT2D eigenvalue weighted by molar-refractivity contribution is 0.0190. The monoisotopic (exact) mass is 248 g/mol. The minimum atomic E-state index is 0.571. The molecule has 0 aromatic heterocycles. The third-order valence-electron chi connectivity index (χ3n) is 2.86. The van der Waals surface area contributed by atoms with Gasteiger partial charge in [0.2, 0.25) is 0 Å². The van der Waals surface area contributed by atoms with E-state index in [1.165, 1.54) is 43.9 Å². The number of hydrogen-bond donors (Lipinski definition) is 0. The third-order valence-corrected chi connectivity index (χ3v) is 3.78. The molecule has 0 unspecified atom stereocenters. The van der Waals surface area contributed by atoms with E-state index in [-0.39, 0.29) is 0 Å². The summed E-state index contributed by atoms with van der Waals surface area (Å²) < 4.78 is 5.80. The van der Waals surface area contributed by atoms with E-state index in [9.17, 15) is 0 Å². The van der Waals surface area contributed by atoms with Crippen LogP contribution in [-0.4, -0.2) is 18.0 Å². The smallest absolute Gasteiger partial charge is 0.0575 e. The summed E-state index contributed by atoms with van der Waals surface area (Å²) in [5.41, 5.74) is 0. The topological polar surface area (TPSA) is 9.23 Å². The average molecular weight is 249 g/mol. The second-order valence-electron chi connectivity index (χ2n) is 4.02. The summed E-state index contributed by atoms with van der Waals surface area (Å²) in [5.74, 6) is 0.908. The fourth-order valence-corrected chi connectivity index (χ4v) is 2.49. The Hall–Kier alpha value is 0.440. The van der Waals surface area contributed by atoms with Gasteiger partial charge in [-0.2, -0.15) is 0 Å². The molecule has 2 heteroatoms. The Bertz CT molecular complexity index is 117. The first kappa shape index (κ1) is 11.5. The molecule has 1 nitrogen and oxygen atoms in total. The zero-order valence-corrected chi connectivity index (χ0v) is 10.2. The maximum atomic E-state index is 5.80. The summed E-state index contributed by atoms with van der Waals surface area (Å²) in [4.78, 5) is 0. The van der Waals surface area contributed by atoms with E-state index < -0.39 is 0 Å². The highest BCUT2D eigenvalue weighted by atomic mass is 79.9. The summed E-state index contributed by atoms with van der Waals surface area (Å²) >= 11 is 3.55. The van der Waals surface area contributed by atoms with Crippen LogP contribution in [0.3, 0.4) is 0 Å². The molecule has 78 valence electrons. The van der Waals surface area contributed by atoms with Gasteiger partial charge in [-0.15, -0.1) is 0 Å². The van der Waals surface area contributed by atoms with Crippen LogP contribution in [0.4, 0.5) is 0 Å². The summed E-state index contributed by atoms with van der Waals surface area (Å²) in [6.07, 6.45) is 8.29. The maximum absolute atomic E-state index is 5.80. The van der Waals surface area contributed by atoms with Crippen molar-refractivity contribution in [1.29, 1.82) is 0 Å². The van der Waals surface area contributed by atoms with Crippen LogP contribution in [0.15, 0.2) is 0 Å². The molecule has 0 aromatic carbocycles. The Balaban J connectivity index is 2.03. The average Bonchev–Trinajstić information content (AvgIpc) is 2.19. The van der Waals surface area contributed by atoms with Gasteiger partial charge in [0.25, 0.3) is 0 Å². The van der Waals surface area contributed by atoms with Gasteiger partial charge in [0.15, 0.2) is 0 Å². The molecule has 0 aromatic rings. The zero-order valence-electron chi connectivity index (χ0n) is 8.60.